The first-order valence-corrected chi connectivity index (χ1v) is 6.97. The van der Waals surface area contributed by atoms with Gasteiger partial charge >= 0.3 is 0 Å². The predicted octanol–water partition coefficient (Wildman–Crippen LogP) is 3.52. The van der Waals surface area contributed by atoms with Gasteiger partial charge in [0.05, 0.1) is 0 Å². The minimum atomic E-state index is 0.212. The maximum atomic E-state index is 5.99. The lowest BCUT2D eigenvalue weighted by molar-refractivity contribution is 0.418. The molecule has 0 spiro atoms. The lowest BCUT2D eigenvalue weighted by atomic mass is 10.1. The van der Waals surface area contributed by atoms with Crippen LogP contribution in [0.15, 0.2) is 18.2 Å². The minimum absolute atomic E-state index is 0.212. The fraction of sp³-hybridized carbons (Fsp3) is 0.600. The van der Waals surface area contributed by atoms with E-state index in [1.165, 1.54) is 11.1 Å². The number of hydrogen-bond donors (Lipinski definition) is 2. The van der Waals surface area contributed by atoms with Crippen molar-refractivity contribution in [3.63, 3.8) is 0 Å². The number of benzene rings is 1. The zero-order valence-corrected chi connectivity index (χ0v) is 12.7. The first kappa shape index (κ1) is 15.5. The van der Waals surface area contributed by atoms with Gasteiger partial charge in [-0.1, -0.05) is 17.7 Å². The topological polar surface area (TPSA) is 24.1 Å². The summed E-state index contributed by atoms with van der Waals surface area (Å²) in [6.07, 6.45) is 1.14. The minimum Gasteiger partial charge on any atom is -0.313 e. The van der Waals surface area contributed by atoms with E-state index < -0.39 is 0 Å². The molecule has 0 saturated heterocycles. The first-order valence-electron chi connectivity index (χ1n) is 6.59. The maximum absolute atomic E-state index is 5.99. The molecule has 3 heteroatoms. The molecule has 1 aromatic rings. The number of halogens is 1. The summed E-state index contributed by atoms with van der Waals surface area (Å²) in [6.45, 7) is 11.7. The number of hydrogen-bond acceptors (Lipinski definition) is 2. The van der Waals surface area contributed by atoms with Crippen LogP contribution >= 0.6 is 11.6 Å². The van der Waals surface area contributed by atoms with Crippen molar-refractivity contribution in [2.45, 2.75) is 46.2 Å². The number of aryl methyl sites for hydroxylation is 1. The van der Waals surface area contributed by atoms with Gasteiger partial charge in [0.2, 0.25) is 0 Å². The van der Waals surface area contributed by atoms with Crippen molar-refractivity contribution in [2.24, 2.45) is 0 Å². The molecule has 1 rings (SSSR count). The van der Waals surface area contributed by atoms with Crippen molar-refractivity contribution >= 4 is 11.6 Å². The van der Waals surface area contributed by atoms with Crippen LogP contribution in [-0.2, 0) is 6.54 Å². The van der Waals surface area contributed by atoms with Gasteiger partial charge in [0.15, 0.2) is 0 Å². The van der Waals surface area contributed by atoms with Crippen LogP contribution < -0.4 is 10.6 Å². The van der Waals surface area contributed by atoms with Crippen LogP contribution in [-0.4, -0.2) is 18.6 Å². The molecule has 2 N–H and O–H groups in total. The van der Waals surface area contributed by atoms with E-state index in [2.05, 4.69) is 44.4 Å². The van der Waals surface area contributed by atoms with Crippen molar-refractivity contribution in [1.29, 1.82) is 0 Å². The molecule has 0 aliphatic carbocycles. The van der Waals surface area contributed by atoms with Crippen LogP contribution in [0.5, 0.6) is 0 Å². The van der Waals surface area contributed by atoms with E-state index in [9.17, 15) is 0 Å². The highest BCUT2D eigenvalue weighted by molar-refractivity contribution is 6.30. The van der Waals surface area contributed by atoms with E-state index in [4.69, 9.17) is 11.6 Å². The predicted molar refractivity (Wildman–Crippen MR) is 80.3 cm³/mol. The third kappa shape index (κ3) is 6.39. The lowest BCUT2D eigenvalue weighted by Crippen LogP contribution is -2.37. The molecule has 18 heavy (non-hydrogen) atoms. The fourth-order valence-corrected chi connectivity index (χ4v) is 1.93. The fourth-order valence-electron chi connectivity index (χ4n) is 1.73. The van der Waals surface area contributed by atoms with E-state index in [0.717, 1.165) is 31.1 Å². The molecule has 0 aliphatic heterocycles. The van der Waals surface area contributed by atoms with E-state index in [0.29, 0.717) is 0 Å². The summed E-state index contributed by atoms with van der Waals surface area (Å²) in [7, 11) is 0. The largest absolute Gasteiger partial charge is 0.313 e. The molecule has 0 amide bonds. The monoisotopic (exact) mass is 268 g/mol. The Labute approximate surface area is 116 Å². The second kappa shape index (κ2) is 7.13. The Hall–Kier alpha value is -0.570. The second-order valence-corrected chi connectivity index (χ2v) is 6.21. The molecule has 0 aliphatic rings. The molecule has 0 saturated carbocycles. The molecule has 0 fully saturated rings. The molecule has 0 bridgehead atoms. The number of rotatable bonds is 6. The molecule has 0 radical (unpaired) electrons. The number of nitrogens with one attached hydrogen (secondary N) is 2. The van der Waals surface area contributed by atoms with Gasteiger partial charge in [-0.2, -0.15) is 0 Å². The summed E-state index contributed by atoms with van der Waals surface area (Å²) in [4.78, 5) is 0. The normalized spacial score (nSPS) is 11.8. The highest BCUT2D eigenvalue weighted by Crippen LogP contribution is 2.14. The SMILES string of the molecule is Cc1ccc(Cl)cc1CNCCCNC(C)(C)C. The smallest absolute Gasteiger partial charge is 0.0409 e. The highest BCUT2D eigenvalue weighted by atomic mass is 35.5. The van der Waals surface area contributed by atoms with Crippen molar-refractivity contribution in [3.05, 3.63) is 34.3 Å². The summed E-state index contributed by atoms with van der Waals surface area (Å²) in [5.74, 6) is 0. The molecule has 0 unspecified atom stereocenters. The third-order valence-electron chi connectivity index (χ3n) is 2.81. The van der Waals surface area contributed by atoms with Crippen molar-refractivity contribution < 1.29 is 0 Å². The van der Waals surface area contributed by atoms with Crippen LogP contribution in [0.1, 0.15) is 38.3 Å². The summed E-state index contributed by atoms with van der Waals surface area (Å²) < 4.78 is 0. The molecular weight excluding hydrogens is 244 g/mol. The standard InChI is InChI=1S/C15H25ClN2/c1-12-6-7-14(16)10-13(12)11-17-8-5-9-18-15(2,3)4/h6-7,10,17-18H,5,8-9,11H2,1-4H3. The summed E-state index contributed by atoms with van der Waals surface area (Å²) in [6, 6.07) is 6.05. The van der Waals surface area contributed by atoms with Gasteiger partial charge in [-0.3, -0.25) is 0 Å². The Morgan fingerprint density at radius 2 is 1.89 bits per heavy atom. The van der Waals surface area contributed by atoms with Crippen LogP contribution in [0.2, 0.25) is 5.02 Å². The van der Waals surface area contributed by atoms with Crippen LogP contribution in [0.3, 0.4) is 0 Å². The van der Waals surface area contributed by atoms with Gasteiger partial charge in [-0.25, -0.2) is 0 Å². The quantitative estimate of drug-likeness (QED) is 0.772. The van der Waals surface area contributed by atoms with E-state index in [1.807, 2.05) is 12.1 Å². The molecule has 0 heterocycles. The Morgan fingerprint density at radius 3 is 2.56 bits per heavy atom. The van der Waals surface area contributed by atoms with Crippen molar-refractivity contribution in [1.82, 2.24) is 10.6 Å². The van der Waals surface area contributed by atoms with Crippen LogP contribution in [0.4, 0.5) is 0 Å². The maximum Gasteiger partial charge on any atom is 0.0409 e. The summed E-state index contributed by atoms with van der Waals surface area (Å²) in [5.41, 5.74) is 2.79. The average Bonchev–Trinajstić information content (AvgIpc) is 2.26. The Kier molecular flexibility index (Phi) is 6.13. The zero-order chi connectivity index (χ0) is 13.6. The third-order valence-corrected chi connectivity index (χ3v) is 3.05. The average molecular weight is 269 g/mol. The van der Waals surface area contributed by atoms with Gasteiger partial charge < -0.3 is 10.6 Å². The molecule has 0 aromatic heterocycles. The first-order chi connectivity index (χ1) is 8.38. The molecule has 102 valence electrons. The van der Waals surface area contributed by atoms with Gasteiger partial charge in [0.25, 0.3) is 0 Å². The van der Waals surface area contributed by atoms with E-state index in [-0.39, 0.29) is 5.54 Å². The lowest BCUT2D eigenvalue weighted by Gasteiger charge is -2.20. The molecule has 2 nitrogen and oxygen atoms in total. The van der Waals surface area contributed by atoms with Gasteiger partial charge in [-0.15, -0.1) is 0 Å². The summed E-state index contributed by atoms with van der Waals surface area (Å²) in [5, 5.41) is 7.75. The van der Waals surface area contributed by atoms with Gasteiger partial charge in [0, 0.05) is 17.1 Å². The second-order valence-electron chi connectivity index (χ2n) is 5.78. The Bertz CT molecular complexity index is 369. The zero-order valence-electron chi connectivity index (χ0n) is 11.9. The Morgan fingerprint density at radius 1 is 1.17 bits per heavy atom. The summed E-state index contributed by atoms with van der Waals surface area (Å²) >= 11 is 5.99. The van der Waals surface area contributed by atoms with Crippen molar-refractivity contribution in [2.75, 3.05) is 13.1 Å². The molecule has 1 aromatic carbocycles. The molecule has 0 atom stereocenters. The Balaban J connectivity index is 2.20. The molecular formula is C15H25ClN2. The van der Waals surface area contributed by atoms with E-state index in [1.54, 1.807) is 0 Å². The highest BCUT2D eigenvalue weighted by Gasteiger charge is 2.06. The van der Waals surface area contributed by atoms with Crippen LogP contribution in [0, 0.1) is 6.92 Å². The van der Waals surface area contributed by atoms with Gasteiger partial charge in [-0.05, 0) is 70.5 Å². The van der Waals surface area contributed by atoms with Crippen LogP contribution in [0.25, 0.3) is 0 Å². The van der Waals surface area contributed by atoms with Gasteiger partial charge in [0.1, 0.15) is 0 Å². The van der Waals surface area contributed by atoms with E-state index >= 15 is 0 Å². The van der Waals surface area contributed by atoms with Crippen molar-refractivity contribution in [3.8, 4) is 0 Å².